The zero-order valence-corrected chi connectivity index (χ0v) is 9.55. The second-order valence-corrected chi connectivity index (χ2v) is 3.45. The van der Waals surface area contributed by atoms with Crippen LogP contribution in [0.2, 0.25) is 0 Å². The Bertz CT molecular complexity index is 481. The predicted molar refractivity (Wildman–Crippen MR) is 58.3 cm³/mol. The Labute approximate surface area is 94.8 Å². The number of nitrogens with one attached hydrogen (secondary N) is 1. The van der Waals surface area contributed by atoms with Crippen LogP contribution in [0.25, 0.3) is 0 Å². The molecule has 0 radical (unpaired) electrons. The van der Waals surface area contributed by atoms with Gasteiger partial charge in [0, 0.05) is 16.6 Å². The first-order valence-corrected chi connectivity index (χ1v) is 4.99. The van der Waals surface area contributed by atoms with Crippen molar-refractivity contribution in [3.05, 3.63) is 32.7 Å². The molecule has 5 heteroatoms. The van der Waals surface area contributed by atoms with Crippen LogP contribution in [0.5, 0.6) is 0 Å². The van der Waals surface area contributed by atoms with E-state index in [0.29, 0.717) is 4.47 Å². The Morgan fingerprint density at radius 3 is 3.07 bits per heavy atom. The SMILES string of the molecule is CCOC(=O)C#Cc1cc(Br)c[nH]c1=O. The standard InChI is InChI=1S/C10H8BrNO3/c1-2-15-9(13)4-3-7-5-8(11)6-12-10(7)14/h5-6H,2H2,1H3,(H,12,14). The van der Waals surface area contributed by atoms with Crippen molar-refractivity contribution in [2.24, 2.45) is 0 Å². The quantitative estimate of drug-likeness (QED) is 0.613. The molecule has 1 rings (SSSR count). The summed E-state index contributed by atoms with van der Waals surface area (Å²) in [7, 11) is 0. The van der Waals surface area contributed by atoms with E-state index in [0.717, 1.165) is 0 Å². The number of carbonyl (C=O) groups is 1. The van der Waals surface area contributed by atoms with Crippen LogP contribution in [0, 0.1) is 11.8 Å². The molecule has 1 aromatic heterocycles. The first kappa shape index (κ1) is 11.5. The zero-order valence-electron chi connectivity index (χ0n) is 7.96. The van der Waals surface area contributed by atoms with Crippen molar-refractivity contribution in [2.45, 2.75) is 6.92 Å². The first-order valence-electron chi connectivity index (χ1n) is 4.20. The molecule has 1 N–H and O–H groups in total. The normalized spacial score (nSPS) is 8.93. The number of H-pyrrole nitrogens is 1. The molecular weight excluding hydrogens is 262 g/mol. The van der Waals surface area contributed by atoms with Crippen molar-refractivity contribution in [1.29, 1.82) is 0 Å². The van der Waals surface area contributed by atoms with Gasteiger partial charge in [0.15, 0.2) is 0 Å². The second-order valence-electron chi connectivity index (χ2n) is 2.53. The number of halogens is 1. The number of hydrogen-bond acceptors (Lipinski definition) is 3. The Hall–Kier alpha value is -1.54. The number of ether oxygens (including phenoxy) is 1. The lowest BCUT2D eigenvalue weighted by Crippen LogP contribution is -2.09. The maximum atomic E-state index is 11.2. The highest BCUT2D eigenvalue weighted by molar-refractivity contribution is 9.10. The molecule has 0 unspecified atom stereocenters. The van der Waals surface area contributed by atoms with Gasteiger partial charge in [-0.05, 0) is 34.8 Å². The Balaban J connectivity index is 2.93. The van der Waals surface area contributed by atoms with Crippen LogP contribution >= 0.6 is 15.9 Å². The molecule has 0 aromatic carbocycles. The molecule has 0 aliphatic carbocycles. The third-order valence-corrected chi connectivity index (χ3v) is 1.90. The van der Waals surface area contributed by atoms with E-state index >= 15 is 0 Å². The highest BCUT2D eigenvalue weighted by atomic mass is 79.9. The fraction of sp³-hybridized carbons (Fsp3) is 0.200. The van der Waals surface area contributed by atoms with Gasteiger partial charge >= 0.3 is 5.97 Å². The molecule has 0 saturated carbocycles. The molecule has 15 heavy (non-hydrogen) atoms. The fourth-order valence-electron chi connectivity index (χ4n) is 0.836. The molecule has 78 valence electrons. The van der Waals surface area contributed by atoms with E-state index in [9.17, 15) is 9.59 Å². The lowest BCUT2D eigenvalue weighted by Gasteiger charge is -1.92. The topological polar surface area (TPSA) is 59.2 Å². The largest absolute Gasteiger partial charge is 0.456 e. The van der Waals surface area contributed by atoms with Gasteiger partial charge in [-0.1, -0.05) is 0 Å². The highest BCUT2D eigenvalue weighted by Gasteiger charge is 1.98. The molecule has 0 fully saturated rings. The van der Waals surface area contributed by atoms with Crippen LogP contribution < -0.4 is 5.56 Å². The van der Waals surface area contributed by atoms with Gasteiger partial charge in [-0.3, -0.25) is 4.79 Å². The summed E-state index contributed by atoms with van der Waals surface area (Å²) in [4.78, 5) is 24.6. The van der Waals surface area contributed by atoms with Crippen LogP contribution in [0.15, 0.2) is 21.5 Å². The van der Waals surface area contributed by atoms with Gasteiger partial charge in [-0.15, -0.1) is 0 Å². The van der Waals surface area contributed by atoms with Crippen molar-refractivity contribution in [3.8, 4) is 11.8 Å². The molecule has 0 amide bonds. The number of carbonyl (C=O) groups excluding carboxylic acids is 1. The molecule has 0 aliphatic rings. The Kier molecular flexibility index (Phi) is 4.13. The van der Waals surface area contributed by atoms with E-state index in [-0.39, 0.29) is 17.7 Å². The third-order valence-electron chi connectivity index (χ3n) is 1.44. The van der Waals surface area contributed by atoms with Crippen LogP contribution in [0.1, 0.15) is 12.5 Å². The lowest BCUT2D eigenvalue weighted by atomic mass is 10.3. The van der Waals surface area contributed by atoms with Crippen LogP contribution in [0.4, 0.5) is 0 Å². The summed E-state index contributed by atoms with van der Waals surface area (Å²) in [6.07, 6.45) is 1.50. The first-order chi connectivity index (χ1) is 7.13. The zero-order chi connectivity index (χ0) is 11.3. The average Bonchev–Trinajstić information content (AvgIpc) is 2.20. The molecule has 0 spiro atoms. The van der Waals surface area contributed by atoms with Crippen molar-refractivity contribution in [3.63, 3.8) is 0 Å². The van der Waals surface area contributed by atoms with E-state index in [1.807, 2.05) is 0 Å². The summed E-state index contributed by atoms with van der Waals surface area (Å²) >= 11 is 3.18. The lowest BCUT2D eigenvalue weighted by molar-refractivity contribution is -0.136. The summed E-state index contributed by atoms with van der Waals surface area (Å²) in [5.74, 6) is 4.01. The smallest absolute Gasteiger partial charge is 0.384 e. The summed E-state index contributed by atoms with van der Waals surface area (Å²) in [5, 5.41) is 0. The molecule has 1 aromatic rings. The molecular formula is C10H8BrNO3. The van der Waals surface area contributed by atoms with Crippen LogP contribution in [-0.2, 0) is 9.53 Å². The molecule has 0 bridgehead atoms. The van der Waals surface area contributed by atoms with Crippen LogP contribution in [-0.4, -0.2) is 17.6 Å². The predicted octanol–water partition coefficient (Wildman–Crippen LogP) is 1.05. The van der Waals surface area contributed by atoms with Gasteiger partial charge in [-0.25, -0.2) is 4.79 Å². The second kappa shape index (κ2) is 5.37. The molecule has 0 aliphatic heterocycles. The molecule has 0 saturated heterocycles. The summed E-state index contributed by atoms with van der Waals surface area (Å²) in [6.45, 7) is 1.95. The van der Waals surface area contributed by atoms with E-state index < -0.39 is 5.97 Å². The maximum Gasteiger partial charge on any atom is 0.384 e. The van der Waals surface area contributed by atoms with Crippen molar-refractivity contribution >= 4 is 21.9 Å². The number of esters is 1. The van der Waals surface area contributed by atoms with Gasteiger partial charge in [-0.2, -0.15) is 0 Å². The van der Waals surface area contributed by atoms with Crippen LogP contribution in [0.3, 0.4) is 0 Å². The summed E-state index contributed by atoms with van der Waals surface area (Å²) < 4.78 is 5.29. The monoisotopic (exact) mass is 269 g/mol. The number of pyridine rings is 1. The average molecular weight is 270 g/mol. The molecule has 0 atom stereocenters. The van der Waals surface area contributed by atoms with Crippen molar-refractivity contribution in [1.82, 2.24) is 4.98 Å². The Morgan fingerprint density at radius 2 is 2.40 bits per heavy atom. The highest BCUT2D eigenvalue weighted by Crippen LogP contribution is 2.05. The number of rotatable bonds is 1. The van der Waals surface area contributed by atoms with E-state index in [2.05, 4.69) is 37.5 Å². The minimum absolute atomic E-state index is 0.220. The van der Waals surface area contributed by atoms with E-state index in [4.69, 9.17) is 0 Å². The Morgan fingerprint density at radius 1 is 1.67 bits per heavy atom. The van der Waals surface area contributed by atoms with Crippen molar-refractivity contribution < 1.29 is 9.53 Å². The number of aromatic nitrogens is 1. The number of hydrogen-bond donors (Lipinski definition) is 1. The maximum absolute atomic E-state index is 11.2. The van der Waals surface area contributed by atoms with Crippen molar-refractivity contribution in [2.75, 3.05) is 6.61 Å². The number of aromatic amines is 1. The fourth-order valence-corrected chi connectivity index (χ4v) is 1.18. The minimum Gasteiger partial charge on any atom is -0.456 e. The summed E-state index contributed by atoms with van der Waals surface area (Å²) in [5.41, 5.74) is -0.118. The third kappa shape index (κ3) is 3.60. The van der Waals surface area contributed by atoms with E-state index in [1.54, 1.807) is 6.92 Å². The van der Waals surface area contributed by atoms with Gasteiger partial charge < -0.3 is 9.72 Å². The minimum atomic E-state index is -0.642. The van der Waals surface area contributed by atoms with Gasteiger partial charge in [0.1, 0.15) is 0 Å². The summed E-state index contributed by atoms with van der Waals surface area (Å²) in [6, 6.07) is 1.53. The molecule has 1 heterocycles. The van der Waals surface area contributed by atoms with Gasteiger partial charge in [0.25, 0.3) is 5.56 Å². The van der Waals surface area contributed by atoms with E-state index in [1.165, 1.54) is 12.3 Å². The molecule has 4 nitrogen and oxygen atoms in total. The van der Waals surface area contributed by atoms with Gasteiger partial charge in [0.2, 0.25) is 0 Å². The van der Waals surface area contributed by atoms with Gasteiger partial charge in [0.05, 0.1) is 12.2 Å².